The van der Waals surface area contributed by atoms with Crippen LogP contribution in [0.2, 0.25) is 25.7 Å². The summed E-state index contributed by atoms with van der Waals surface area (Å²) in [5.41, 5.74) is -3.36. The van der Waals surface area contributed by atoms with Crippen LogP contribution in [0.15, 0.2) is 24.3 Å². The maximum atomic E-state index is 14.9. The third-order valence-corrected chi connectivity index (χ3v) is 7.58. The number of carbonyl (C=O) groups excluding carboxylic acids is 2. The second-order valence-corrected chi connectivity index (χ2v) is 15.7. The largest absolute Gasteiger partial charge is 0.449 e. The van der Waals surface area contributed by atoms with E-state index >= 15 is 0 Å². The lowest BCUT2D eigenvalue weighted by Crippen LogP contribution is -2.71. The van der Waals surface area contributed by atoms with Crippen molar-refractivity contribution in [1.82, 2.24) is 0 Å². The Labute approximate surface area is 205 Å². The van der Waals surface area contributed by atoms with Gasteiger partial charge in [0.25, 0.3) is 11.4 Å². The first kappa shape index (κ1) is 27.1. The Bertz CT molecular complexity index is 995. The summed E-state index contributed by atoms with van der Waals surface area (Å²) < 4.78 is 55.6. The molecule has 0 bridgehead atoms. The van der Waals surface area contributed by atoms with E-state index in [4.69, 9.17) is 9.47 Å². The number of hydrogen-bond acceptors (Lipinski definition) is 4. The molecule has 1 saturated carbocycles. The molecule has 0 radical (unpaired) electrons. The van der Waals surface area contributed by atoms with Gasteiger partial charge in [-0.1, -0.05) is 57.0 Å². The van der Waals surface area contributed by atoms with E-state index in [1.165, 1.54) is 18.2 Å². The van der Waals surface area contributed by atoms with Gasteiger partial charge < -0.3 is 9.47 Å². The smallest absolute Gasteiger partial charge is 0.433 e. The van der Waals surface area contributed by atoms with E-state index in [1.807, 2.05) is 6.92 Å². The monoisotopic (exact) mass is 510 g/mol. The van der Waals surface area contributed by atoms with Crippen LogP contribution in [-0.2, 0) is 14.3 Å². The van der Waals surface area contributed by atoms with E-state index in [-0.39, 0.29) is 30.6 Å². The average Bonchev–Trinajstić information content (AvgIpc) is 3.59. The van der Waals surface area contributed by atoms with Crippen LogP contribution in [0.4, 0.5) is 29.3 Å². The number of alkyl halides is 3. The number of fused-ring (bicyclic) bond motifs is 1. The van der Waals surface area contributed by atoms with Crippen molar-refractivity contribution in [3.63, 3.8) is 0 Å². The topological polar surface area (TPSA) is 59.1 Å². The molecule has 1 fully saturated rings. The fourth-order valence-corrected chi connectivity index (χ4v) is 4.35. The number of anilines is 2. The number of amides is 2. The van der Waals surface area contributed by atoms with E-state index in [9.17, 15) is 22.8 Å². The van der Waals surface area contributed by atoms with Gasteiger partial charge in [0, 0.05) is 20.6 Å². The van der Waals surface area contributed by atoms with Gasteiger partial charge in [-0.25, -0.2) is 9.69 Å². The van der Waals surface area contributed by atoms with Gasteiger partial charge in [-0.15, -0.1) is 0 Å². The Hall–Kier alpha value is -2.51. The quantitative estimate of drug-likeness (QED) is 0.252. The third kappa shape index (κ3) is 6.01. The molecule has 0 N–H and O–H groups in total. The summed E-state index contributed by atoms with van der Waals surface area (Å²) in [4.78, 5) is 28.2. The van der Waals surface area contributed by atoms with Crippen LogP contribution in [0.5, 0.6) is 0 Å². The molecule has 2 amide bonds. The molecule has 6 nitrogen and oxygen atoms in total. The zero-order chi connectivity index (χ0) is 25.9. The molecule has 0 spiro atoms. The standard InChI is InChI=1S/C25H33F3N2O4Si/c1-5-6-15-34-23(32)30-21-10-8-7-9-20(21)29(18-33-16-17-35(2,3)4)22(31)24(30,25(26,27)28)14-13-19-11-12-19/h7-10,19H,5-6,11-12,15-18H2,1-4H3. The molecule has 1 unspecified atom stereocenters. The van der Waals surface area contributed by atoms with Gasteiger partial charge in [-0.05, 0) is 37.4 Å². The molecule has 1 aromatic carbocycles. The zero-order valence-electron chi connectivity index (χ0n) is 20.7. The van der Waals surface area contributed by atoms with Gasteiger partial charge >= 0.3 is 12.3 Å². The van der Waals surface area contributed by atoms with Crippen molar-refractivity contribution in [1.29, 1.82) is 0 Å². The highest BCUT2D eigenvalue weighted by molar-refractivity contribution is 6.76. The lowest BCUT2D eigenvalue weighted by molar-refractivity contribution is -0.178. The molecule has 192 valence electrons. The molecule has 10 heteroatoms. The summed E-state index contributed by atoms with van der Waals surface area (Å²) in [6.07, 6.45) is -3.93. The number of ether oxygens (including phenoxy) is 2. The molecule has 1 heterocycles. The minimum Gasteiger partial charge on any atom is -0.449 e. The molecule has 35 heavy (non-hydrogen) atoms. The second kappa shape index (κ2) is 10.6. The van der Waals surface area contributed by atoms with E-state index in [2.05, 4.69) is 31.5 Å². The number of nitrogens with zero attached hydrogens (tertiary/aromatic N) is 2. The highest BCUT2D eigenvalue weighted by Crippen LogP contribution is 2.48. The molecule has 1 aliphatic carbocycles. The zero-order valence-corrected chi connectivity index (χ0v) is 21.7. The maximum Gasteiger partial charge on any atom is 0.433 e. The van der Waals surface area contributed by atoms with Crippen LogP contribution < -0.4 is 9.80 Å². The lowest BCUT2D eigenvalue weighted by atomic mass is 9.90. The maximum absolute atomic E-state index is 14.9. The van der Waals surface area contributed by atoms with E-state index in [0.29, 0.717) is 37.2 Å². The molecule has 1 atom stereocenters. The molecule has 1 aliphatic heterocycles. The van der Waals surface area contributed by atoms with Crippen molar-refractivity contribution >= 4 is 31.4 Å². The SMILES string of the molecule is CCCCOC(=O)N1c2ccccc2N(COCC[Si](C)(C)C)C(=O)C1(C#CC1CC1)C(F)(F)F. The minimum atomic E-state index is -5.18. The Kier molecular flexibility index (Phi) is 8.22. The van der Waals surface area contributed by atoms with Crippen LogP contribution in [0.25, 0.3) is 0 Å². The second-order valence-electron chi connectivity index (χ2n) is 10.1. The average molecular weight is 511 g/mol. The Morgan fingerprint density at radius 1 is 1.17 bits per heavy atom. The van der Waals surface area contributed by atoms with Gasteiger partial charge in [0.1, 0.15) is 6.73 Å². The predicted molar refractivity (Wildman–Crippen MR) is 131 cm³/mol. The molecular weight excluding hydrogens is 477 g/mol. The fourth-order valence-electron chi connectivity index (χ4n) is 3.59. The van der Waals surface area contributed by atoms with Crippen LogP contribution in [-0.4, -0.2) is 51.7 Å². The van der Waals surface area contributed by atoms with Crippen molar-refractivity contribution in [2.24, 2.45) is 5.92 Å². The third-order valence-electron chi connectivity index (χ3n) is 5.87. The minimum absolute atomic E-state index is 0.0598. The summed E-state index contributed by atoms with van der Waals surface area (Å²) in [7, 11) is -1.45. The molecule has 3 rings (SSSR count). The Morgan fingerprint density at radius 3 is 2.40 bits per heavy atom. The highest BCUT2D eigenvalue weighted by atomic mass is 28.3. The first-order valence-electron chi connectivity index (χ1n) is 12.0. The summed E-state index contributed by atoms with van der Waals surface area (Å²) in [6, 6.07) is 6.77. The van der Waals surface area contributed by atoms with Crippen molar-refractivity contribution in [2.45, 2.75) is 70.0 Å². The van der Waals surface area contributed by atoms with Crippen LogP contribution in [0.3, 0.4) is 0 Å². The van der Waals surface area contributed by atoms with E-state index in [0.717, 1.165) is 10.9 Å². The number of carbonyl (C=O) groups is 2. The molecular formula is C25H33F3N2O4Si. The van der Waals surface area contributed by atoms with Gasteiger partial charge in [-0.3, -0.25) is 9.69 Å². The summed E-state index contributed by atoms with van der Waals surface area (Å²) >= 11 is 0. The lowest BCUT2D eigenvalue weighted by Gasteiger charge is -2.46. The number of halogens is 3. The molecule has 0 saturated heterocycles. The first-order valence-corrected chi connectivity index (χ1v) is 15.7. The van der Waals surface area contributed by atoms with Gasteiger partial charge in [0.15, 0.2) is 0 Å². The van der Waals surface area contributed by atoms with Gasteiger partial charge in [0.2, 0.25) is 0 Å². The molecule has 0 aromatic heterocycles. The summed E-state index contributed by atoms with van der Waals surface area (Å²) in [6.45, 7) is 8.22. The molecule has 1 aromatic rings. The van der Waals surface area contributed by atoms with Crippen LogP contribution in [0.1, 0.15) is 32.6 Å². The van der Waals surface area contributed by atoms with E-state index in [1.54, 1.807) is 6.07 Å². The van der Waals surface area contributed by atoms with Crippen molar-refractivity contribution < 1.29 is 32.2 Å². The number of benzene rings is 1. The van der Waals surface area contributed by atoms with E-state index < -0.39 is 31.8 Å². The van der Waals surface area contributed by atoms with Gasteiger partial charge in [0.05, 0.1) is 18.0 Å². The first-order chi connectivity index (χ1) is 16.4. The summed E-state index contributed by atoms with van der Waals surface area (Å²) in [5.74, 6) is 3.21. The van der Waals surface area contributed by atoms with Crippen molar-refractivity contribution in [2.75, 3.05) is 29.7 Å². The summed E-state index contributed by atoms with van der Waals surface area (Å²) in [5, 5.41) is 0. The number of rotatable bonds is 8. The number of hydrogen-bond donors (Lipinski definition) is 0. The molecule has 2 aliphatic rings. The fraction of sp³-hybridized carbons (Fsp3) is 0.600. The normalized spacial score (nSPS) is 20.3. The number of unbranched alkanes of at least 4 members (excludes halogenated alkanes) is 1. The van der Waals surface area contributed by atoms with Crippen molar-refractivity contribution in [3.8, 4) is 11.8 Å². The number of para-hydroxylation sites is 2. The van der Waals surface area contributed by atoms with Crippen LogP contribution in [0, 0.1) is 17.8 Å². The van der Waals surface area contributed by atoms with Crippen molar-refractivity contribution in [3.05, 3.63) is 24.3 Å². The highest BCUT2D eigenvalue weighted by Gasteiger charge is 2.69. The van der Waals surface area contributed by atoms with Crippen LogP contribution >= 0.6 is 0 Å². The predicted octanol–water partition coefficient (Wildman–Crippen LogP) is 5.80. The van der Waals surface area contributed by atoms with Gasteiger partial charge in [-0.2, -0.15) is 13.2 Å². The Morgan fingerprint density at radius 2 is 1.83 bits per heavy atom. The Balaban J connectivity index is 2.09.